The third kappa shape index (κ3) is 2.89. The van der Waals surface area contributed by atoms with Crippen molar-refractivity contribution < 1.29 is 9.50 Å². The molecule has 0 bridgehead atoms. The molecule has 0 amide bonds. The van der Waals surface area contributed by atoms with Gasteiger partial charge in [-0.15, -0.1) is 0 Å². The molecule has 94 valence electrons. The Balaban J connectivity index is 2.26. The van der Waals surface area contributed by atoms with E-state index in [9.17, 15) is 9.50 Å². The Morgan fingerprint density at radius 1 is 1.11 bits per heavy atom. The van der Waals surface area contributed by atoms with Crippen molar-refractivity contribution in [2.24, 2.45) is 0 Å². The van der Waals surface area contributed by atoms with Gasteiger partial charge in [0, 0.05) is 15.7 Å². The second-order valence-corrected chi connectivity index (χ2v) is 4.74. The molecule has 0 fully saturated rings. The lowest BCUT2D eigenvalue weighted by atomic mass is 10.1. The van der Waals surface area contributed by atoms with Crippen LogP contribution in [0, 0.1) is 5.82 Å². The van der Waals surface area contributed by atoms with Crippen molar-refractivity contribution in [2.45, 2.75) is 6.04 Å². The highest BCUT2D eigenvalue weighted by atomic mass is 79.9. The molecule has 0 aliphatic carbocycles. The number of anilines is 1. The fourth-order valence-corrected chi connectivity index (χ4v) is 2.14. The summed E-state index contributed by atoms with van der Waals surface area (Å²) < 4.78 is 14.5. The number of nitrogens with one attached hydrogen (secondary N) is 1. The van der Waals surface area contributed by atoms with Gasteiger partial charge in [-0.05, 0) is 34.1 Å². The van der Waals surface area contributed by atoms with Crippen molar-refractivity contribution in [3.8, 4) is 0 Å². The van der Waals surface area contributed by atoms with E-state index in [1.807, 2.05) is 24.3 Å². The standard InChI is InChI=1S/C14H13BrFNO/c15-11-6-2-4-8-13(11)17-14(9-18)10-5-1-3-7-12(10)16/h1-8,14,17-18H,9H2. The van der Waals surface area contributed by atoms with E-state index in [4.69, 9.17) is 0 Å². The monoisotopic (exact) mass is 309 g/mol. The first-order valence-corrected chi connectivity index (χ1v) is 6.38. The average Bonchev–Trinajstić information content (AvgIpc) is 2.39. The van der Waals surface area contributed by atoms with Gasteiger partial charge in [0.1, 0.15) is 5.82 Å². The second-order valence-electron chi connectivity index (χ2n) is 3.88. The van der Waals surface area contributed by atoms with Gasteiger partial charge in [0.15, 0.2) is 0 Å². The van der Waals surface area contributed by atoms with E-state index in [-0.39, 0.29) is 12.4 Å². The van der Waals surface area contributed by atoms with E-state index < -0.39 is 6.04 Å². The Hall–Kier alpha value is -1.39. The van der Waals surface area contributed by atoms with Gasteiger partial charge in [0.2, 0.25) is 0 Å². The number of aliphatic hydroxyl groups is 1. The van der Waals surface area contributed by atoms with Crippen molar-refractivity contribution in [3.63, 3.8) is 0 Å². The molecule has 2 aromatic rings. The molecule has 1 unspecified atom stereocenters. The summed E-state index contributed by atoms with van der Waals surface area (Å²) in [5.74, 6) is -0.323. The van der Waals surface area contributed by atoms with Crippen molar-refractivity contribution in [3.05, 3.63) is 64.4 Å². The molecule has 0 heterocycles. The fourth-order valence-electron chi connectivity index (χ4n) is 1.75. The largest absolute Gasteiger partial charge is 0.394 e. The van der Waals surface area contributed by atoms with Crippen LogP contribution in [-0.4, -0.2) is 11.7 Å². The molecule has 2 aromatic carbocycles. The smallest absolute Gasteiger partial charge is 0.128 e. The zero-order valence-electron chi connectivity index (χ0n) is 9.61. The minimum atomic E-state index is -0.468. The van der Waals surface area contributed by atoms with Crippen LogP contribution in [0.3, 0.4) is 0 Å². The minimum absolute atomic E-state index is 0.178. The molecule has 0 saturated heterocycles. The van der Waals surface area contributed by atoms with E-state index in [2.05, 4.69) is 21.2 Å². The van der Waals surface area contributed by atoms with Crippen LogP contribution in [0.15, 0.2) is 53.0 Å². The molecule has 0 spiro atoms. The van der Waals surface area contributed by atoms with Crippen LogP contribution in [0.4, 0.5) is 10.1 Å². The first-order valence-electron chi connectivity index (χ1n) is 5.58. The second kappa shape index (κ2) is 5.98. The van der Waals surface area contributed by atoms with Crippen LogP contribution in [0.1, 0.15) is 11.6 Å². The number of halogens is 2. The van der Waals surface area contributed by atoms with Gasteiger partial charge in [-0.25, -0.2) is 4.39 Å². The molecule has 2 N–H and O–H groups in total. The van der Waals surface area contributed by atoms with E-state index in [1.54, 1.807) is 18.2 Å². The van der Waals surface area contributed by atoms with Crippen LogP contribution < -0.4 is 5.32 Å². The van der Waals surface area contributed by atoms with Crippen LogP contribution in [0.2, 0.25) is 0 Å². The van der Waals surface area contributed by atoms with Gasteiger partial charge in [0.05, 0.1) is 12.6 Å². The molecule has 0 aliphatic heterocycles. The van der Waals surface area contributed by atoms with E-state index >= 15 is 0 Å². The molecule has 4 heteroatoms. The van der Waals surface area contributed by atoms with Gasteiger partial charge in [-0.3, -0.25) is 0 Å². The van der Waals surface area contributed by atoms with Crippen molar-refractivity contribution >= 4 is 21.6 Å². The highest BCUT2D eigenvalue weighted by molar-refractivity contribution is 9.10. The Bertz CT molecular complexity index is 533. The van der Waals surface area contributed by atoms with Crippen LogP contribution in [-0.2, 0) is 0 Å². The Morgan fingerprint density at radius 3 is 2.44 bits per heavy atom. The quantitative estimate of drug-likeness (QED) is 0.902. The summed E-state index contributed by atoms with van der Waals surface area (Å²) in [5.41, 5.74) is 1.27. The highest BCUT2D eigenvalue weighted by Crippen LogP contribution is 2.27. The minimum Gasteiger partial charge on any atom is -0.394 e. The lowest BCUT2D eigenvalue weighted by Crippen LogP contribution is -2.16. The normalized spacial score (nSPS) is 12.2. The molecule has 2 nitrogen and oxygen atoms in total. The Morgan fingerprint density at radius 2 is 1.78 bits per heavy atom. The fraction of sp³-hybridized carbons (Fsp3) is 0.143. The number of para-hydroxylation sites is 1. The predicted molar refractivity (Wildman–Crippen MR) is 74.0 cm³/mol. The summed E-state index contributed by atoms with van der Waals surface area (Å²) in [5, 5.41) is 12.5. The van der Waals surface area contributed by atoms with Gasteiger partial charge in [-0.2, -0.15) is 0 Å². The maximum absolute atomic E-state index is 13.7. The molecule has 18 heavy (non-hydrogen) atoms. The van der Waals surface area contributed by atoms with Crippen LogP contribution in [0.25, 0.3) is 0 Å². The van der Waals surface area contributed by atoms with Gasteiger partial charge >= 0.3 is 0 Å². The molecule has 1 atom stereocenters. The van der Waals surface area contributed by atoms with E-state index in [0.717, 1.165) is 10.2 Å². The summed E-state index contributed by atoms with van der Waals surface area (Å²) in [6.07, 6.45) is 0. The van der Waals surface area contributed by atoms with Gasteiger partial charge in [-0.1, -0.05) is 30.3 Å². The molecular formula is C14H13BrFNO. The zero-order valence-corrected chi connectivity index (χ0v) is 11.2. The van der Waals surface area contributed by atoms with Gasteiger partial charge in [0.25, 0.3) is 0 Å². The number of rotatable bonds is 4. The summed E-state index contributed by atoms with van der Waals surface area (Å²) in [6.45, 7) is -0.178. The summed E-state index contributed by atoms with van der Waals surface area (Å²) in [6, 6.07) is 13.5. The zero-order chi connectivity index (χ0) is 13.0. The molecule has 0 radical (unpaired) electrons. The highest BCUT2D eigenvalue weighted by Gasteiger charge is 2.15. The third-order valence-electron chi connectivity index (χ3n) is 2.67. The molecular weight excluding hydrogens is 297 g/mol. The van der Waals surface area contributed by atoms with E-state index in [0.29, 0.717) is 5.56 Å². The topological polar surface area (TPSA) is 32.3 Å². The first-order chi connectivity index (χ1) is 8.72. The third-order valence-corrected chi connectivity index (χ3v) is 3.36. The summed E-state index contributed by atoms with van der Waals surface area (Å²) >= 11 is 3.41. The SMILES string of the molecule is OCC(Nc1ccccc1Br)c1ccccc1F. The number of hydrogen-bond acceptors (Lipinski definition) is 2. The van der Waals surface area contributed by atoms with Crippen LogP contribution in [0.5, 0.6) is 0 Å². The lowest BCUT2D eigenvalue weighted by Gasteiger charge is -2.19. The molecule has 0 aliphatic rings. The first kappa shape index (κ1) is 13.1. The molecule has 0 aromatic heterocycles. The predicted octanol–water partition coefficient (Wildman–Crippen LogP) is 3.73. The molecule has 2 rings (SSSR count). The molecule has 0 saturated carbocycles. The number of hydrogen-bond donors (Lipinski definition) is 2. The lowest BCUT2D eigenvalue weighted by molar-refractivity contribution is 0.274. The maximum atomic E-state index is 13.7. The van der Waals surface area contributed by atoms with Crippen molar-refractivity contribution in [2.75, 3.05) is 11.9 Å². The number of benzene rings is 2. The Kier molecular flexibility index (Phi) is 4.33. The summed E-state index contributed by atoms with van der Waals surface area (Å²) in [4.78, 5) is 0. The van der Waals surface area contributed by atoms with Crippen molar-refractivity contribution in [1.82, 2.24) is 0 Å². The van der Waals surface area contributed by atoms with E-state index in [1.165, 1.54) is 6.07 Å². The Labute approximate surface area is 114 Å². The van der Waals surface area contributed by atoms with Gasteiger partial charge < -0.3 is 10.4 Å². The summed E-state index contributed by atoms with van der Waals surface area (Å²) in [7, 11) is 0. The maximum Gasteiger partial charge on any atom is 0.128 e. The number of aliphatic hydroxyl groups excluding tert-OH is 1. The average molecular weight is 310 g/mol. The van der Waals surface area contributed by atoms with Crippen molar-refractivity contribution in [1.29, 1.82) is 0 Å². The van der Waals surface area contributed by atoms with Crippen LogP contribution >= 0.6 is 15.9 Å².